The van der Waals surface area contributed by atoms with Crippen LogP contribution in [0.1, 0.15) is 27.0 Å². The van der Waals surface area contributed by atoms with Gasteiger partial charge in [0.05, 0.1) is 37.8 Å². The molecule has 0 aliphatic rings. The van der Waals surface area contributed by atoms with Gasteiger partial charge in [-0.1, -0.05) is 72.8 Å². The van der Waals surface area contributed by atoms with E-state index in [-0.39, 0.29) is 6.42 Å². The highest BCUT2D eigenvalue weighted by atomic mass is 16.5. The average molecular weight is 547 g/mol. The Bertz CT molecular complexity index is 1570. The Labute approximate surface area is 239 Å². The fourth-order valence-corrected chi connectivity index (χ4v) is 4.52. The van der Waals surface area contributed by atoms with E-state index < -0.39 is 23.8 Å². The molecule has 0 radical (unpaired) electrons. The molecular formula is C34H30N2O5. The van der Waals surface area contributed by atoms with Crippen molar-refractivity contribution in [2.45, 2.75) is 12.5 Å². The summed E-state index contributed by atoms with van der Waals surface area (Å²) in [6, 6.07) is 30.2. The summed E-state index contributed by atoms with van der Waals surface area (Å²) in [5, 5.41) is 22.4. The van der Waals surface area contributed by atoms with E-state index in [1.165, 1.54) is 0 Å². The first-order valence-electron chi connectivity index (χ1n) is 13.0. The monoisotopic (exact) mass is 546 g/mol. The molecule has 0 unspecified atom stereocenters. The highest BCUT2D eigenvalue weighted by Crippen LogP contribution is 2.32. The third-order valence-electron chi connectivity index (χ3n) is 6.72. The first-order valence-corrected chi connectivity index (χ1v) is 13.0. The van der Waals surface area contributed by atoms with Crippen LogP contribution in [0.5, 0.6) is 11.5 Å². The molecule has 206 valence electrons. The van der Waals surface area contributed by atoms with Crippen LogP contribution in [0, 0.1) is 17.2 Å². The second kappa shape index (κ2) is 13.6. The predicted molar refractivity (Wildman–Crippen MR) is 158 cm³/mol. The number of hydrogen-bond donors (Lipinski definition) is 2. The topological polar surface area (TPSA) is 109 Å². The summed E-state index contributed by atoms with van der Waals surface area (Å²) in [6.07, 6.45) is 3.64. The summed E-state index contributed by atoms with van der Waals surface area (Å²) in [4.78, 5) is 25.8. The fraction of sp³-hybridized carbons (Fsp3) is 0.147. The van der Waals surface area contributed by atoms with E-state index in [2.05, 4.69) is 11.4 Å². The number of ether oxygens (including phenoxy) is 2. The standard InChI is InChI=1S/C34H30N2O5/c1-40-31-18-16-28(21-32(31)41-2)26-12-14-27(15-13-26)33(37)36-30(17-11-23-7-4-3-5-8-23)29(34(38)39)20-24-9-6-10-25(19-24)22-35/h3-19,21,29-30H,20H2,1-2H3,(H,36,37)(H,38,39)/b17-11+/t29-,30-/m1/s1. The van der Waals surface area contributed by atoms with Crippen LogP contribution < -0.4 is 14.8 Å². The summed E-state index contributed by atoms with van der Waals surface area (Å²) in [5.74, 6) is -1.21. The van der Waals surface area contributed by atoms with Gasteiger partial charge in [-0.3, -0.25) is 9.59 Å². The number of nitrogens with zero attached hydrogens (tertiary/aromatic N) is 1. The first-order chi connectivity index (χ1) is 19.9. The molecule has 0 bridgehead atoms. The number of nitrogens with one attached hydrogen (secondary N) is 1. The van der Waals surface area contributed by atoms with Gasteiger partial charge in [0.2, 0.25) is 0 Å². The van der Waals surface area contributed by atoms with E-state index in [1.54, 1.807) is 62.8 Å². The average Bonchev–Trinajstić information content (AvgIpc) is 3.02. The number of carbonyl (C=O) groups excluding carboxylic acids is 1. The number of carboxylic acid groups (broad SMARTS) is 1. The maximum atomic E-state index is 13.4. The van der Waals surface area contributed by atoms with Crippen LogP contribution in [0.3, 0.4) is 0 Å². The van der Waals surface area contributed by atoms with Crippen molar-refractivity contribution in [1.29, 1.82) is 5.26 Å². The fourth-order valence-electron chi connectivity index (χ4n) is 4.52. The molecule has 0 saturated heterocycles. The molecule has 1 amide bonds. The summed E-state index contributed by atoms with van der Waals surface area (Å²) in [7, 11) is 3.15. The third kappa shape index (κ3) is 7.40. The van der Waals surface area contributed by atoms with Gasteiger partial charge in [0, 0.05) is 5.56 Å². The van der Waals surface area contributed by atoms with Crippen LogP contribution in [-0.2, 0) is 11.2 Å². The van der Waals surface area contributed by atoms with E-state index in [4.69, 9.17) is 9.47 Å². The summed E-state index contributed by atoms with van der Waals surface area (Å²) in [5.41, 5.74) is 4.18. The number of aliphatic carboxylic acids is 1. The van der Waals surface area contributed by atoms with Gasteiger partial charge in [0.15, 0.2) is 11.5 Å². The zero-order valence-corrected chi connectivity index (χ0v) is 22.8. The Morgan fingerprint density at radius 2 is 1.59 bits per heavy atom. The Morgan fingerprint density at radius 1 is 0.878 bits per heavy atom. The van der Waals surface area contributed by atoms with Crippen molar-refractivity contribution in [3.8, 4) is 28.7 Å². The lowest BCUT2D eigenvalue weighted by Crippen LogP contribution is -2.43. The maximum Gasteiger partial charge on any atom is 0.309 e. The van der Waals surface area contributed by atoms with Gasteiger partial charge >= 0.3 is 5.97 Å². The molecule has 7 nitrogen and oxygen atoms in total. The quantitative estimate of drug-likeness (QED) is 0.239. The molecular weight excluding hydrogens is 516 g/mol. The maximum absolute atomic E-state index is 13.4. The van der Waals surface area contributed by atoms with Gasteiger partial charge in [0.1, 0.15) is 0 Å². The molecule has 4 aromatic carbocycles. The van der Waals surface area contributed by atoms with Crippen molar-refractivity contribution >= 4 is 18.0 Å². The minimum absolute atomic E-state index is 0.132. The Kier molecular flexibility index (Phi) is 9.53. The Balaban J connectivity index is 1.59. The highest BCUT2D eigenvalue weighted by molar-refractivity contribution is 5.95. The summed E-state index contributed by atoms with van der Waals surface area (Å²) < 4.78 is 10.7. The molecule has 2 atom stereocenters. The number of amides is 1. The molecule has 0 saturated carbocycles. The lowest BCUT2D eigenvalue weighted by molar-refractivity contribution is -0.142. The molecule has 0 aromatic heterocycles. The minimum atomic E-state index is -1.06. The molecule has 0 fully saturated rings. The lowest BCUT2D eigenvalue weighted by Gasteiger charge is -2.23. The highest BCUT2D eigenvalue weighted by Gasteiger charge is 2.28. The van der Waals surface area contributed by atoms with Crippen LogP contribution >= 0.6 is 0 Å². The van der Waals surface area contributed by atoms with Crippen molar-refractivity contribution in [3.05, 3.63) is 125 Å². The molecule has 0 heterocycles. The summed E-state index contributed by atoms with van der Waals surface area (Å²) in [6.45, 7) is 0. The van der Waals surface area contributed by atoms with Crippen LogP contribution in [0.15, 0.2) is 103 Å². The third-order valence-corrected chi connectivity index (χ3v) is 6.72. The first kappa shape index (κ1) is 28.7. The number of benzene rings is 4. The van der Waals surface area contributed by atoms with Crippen LogP contribution in [0.2, 0.25) is 0 Å². The van der Waals surface area contributed by atoms with Crippen molar-refractivity contribution in [2.75, 3.05) is 14.2 Å². The second-order valence-electron chi connectivity index (χ2n) is 9.38. The number of carboxylic acids is 1. The molecule has 41 heavy (non-hydrogen) atoms. The molecule has 4 aromatic rings. The van der Waals surface area contributed by atoms with Crippen molar-refractivity contribution in [2.24, 2.45) is 5.92 Å². The second-order valence-corrected chi connectivity index (χ2v) is 9.38. The van der Waals surface area contributed by atoms with E-state index in [9.17, 15) is 20.0 Å². The van der Waals surface area contributed by atoms with E-state index >= 15 is 0 Å². The van der Waals surface area contributed by atoms with Gasteiger partial charge in [-0.05, 0) is 65.1 Å². The van der Waals surface area contributed by atoms with Gasteiger partial charge in [-0.2, -0.15) is 5.26 Å². The number of hydrogen-bond acceptors (Lipinski definition) is 5. The SMILES string of the molecule is COc1ccc(-c2ccc(C(=O)N[C@H](/C=C/c3ccccc3)[C@@H](Cc3cccc(C#N)c3)C(=O)O)cc2)cc1OC. The van der Waals surface area contributed by atoms with E-state index in [0.717, 1.165) is 16.7 Å². The number of carbonyl (C=O) groups is 2. The van der Waals surface area contributed by atoms with Gasteiger partial charge in [0.25, 0.3) is 5.91 Å². The molecule has 0 aliphatic heterocycles. The zero-order valence-electron chi connectivity index (χ0n) is 22.8. The Hall–Kier alpha value is -5.35. The normalized spacial score (nSPS) is 12.2. The summed E-state index contributed by atoms with van der Waals surface area (Å²) >= 11 is 0. The number of methoxy groups -OCH3 is 2. The molecule has 2 N–H and O–H groups in total. The molecule has 4 rings (SSSR count). The van der Waals surface area contributed by atoms with Crippen molar-refractivity contribution < 1.29 is 24.2 Å². The zero-order chi connectivity index (χ0) is 29.2. The number of nitriles is 1. The van der Waals surface area contributed by atoms with Crippen LogP contribution in [0.4, 0.5) is 0 Å². The molecule has 0 spiro atoms. The van der Waals surface area contributed by atoms with E-state index in [0.29, 0.717) is 28.2 Å². The minimum Gasteiger partial charge on any atom is -0.493 e. The van der Waals surface area contributed by atoms with Gasteiger partial charge in [-0.25, -0.2) is 0 Å². The van der Waals surface area contributed by atoms with Crippen molar-refractivity contribution in [3.63, 3.8) is 0 Å². The molecule has 0 aliphatic carbocycles. The van der Waals surface area contributed by atoms with Gasteiger partial charge < -0.3 is 19.9 Å². The van der Waals surface area contributed by atoms with Crippen LogP contribution in [0.25, 0.3) is 17.2 Å². The molecule has 7 heteroatoms. The Morgan fingerprint density at radius 3 is 2.24 bits per heavy atom. The predicted octanol–water partition coefficient (Wildman–Crippen LogP) is 6.00. The lowest BCUT2D eigenvalue weighted by atomic mass is 9.90. The van der Waals surface area contributed by atoms with Crippen molar-refractivity contribution in [1.82, 2.24) is 5.32 Å². The van der Waals surface area contributed by atoms with Gasteiger partial charge in [-0.15, -0.1) is 0 Å². The smallest absolute Gasteiger partial charge is 0.309 e. The number of rotatable bonds is 11. The largest absolute Gasteiger partial charge is 0.493 e. The van der Waals surface area contributed by atoms with Crippen LogP contribution in [-0.4, -0.2) is 37.2 Å². The van der Waals surface area contributed by atoms with E-state index in [1.807, 2.05) is 60.7 Å².